The first-order chi connectivity index (χ1) is 17.6. The molecule has 2 aromatic carbocycles. The molecule has 0 radical (unpaired) electrons. The van der Waals surface area contributed by atoms with Gasteiger partial charge in [-0.3, -0.25) is 0 Å². The van der Waals surface area contributed by atoms with Crippen LogP contribution in [0.4, 0.5) is 5.82 Å². The number of aromatic nitrogens is 3. The molecule has 0 saturated carbocycles. The fourth-order valence-electron chi connectivity index (χ4n) is 4.28. The van der Waals surface area contributed by atoms with Crippen LogP contribution in [0.15, 0.2) is 55.2 Å². The quantitative estimate of drug-likeness (QED) is 0.163. The Morgan fingerprint density at radius 2 is 1.65 bits per heavy atom. The summed E-state index contributed by atoms with van der Waals surface area (Å²) in [5.41, 5.74) is 10.6. The molecule has 4 N–H and O–H groups in total. The standard InChI is InChI=1S/C25H29N5.C6H14.ClH/c1-17-11-12-23-20(15-17)25(27-14-8-4-3-7-13-26)30-24(29-23)18(2)21-16-28-22-10-6-5-9-19(21)22;1-3-5-6-4-2;/h5-6,9-12,15-16,28H,2-4,7-8,13-14,26H2,1H3,(H,27,29,30);3-6H2,1-2H3;1H. The van der Waals surface area contributed by atoms with E-state index < -0.39 is 0 Å². The molecule has 200 valence electrons. The second kappa shape index (κ2) is 16.1. The second-order valence-electron chi connectivity index (χ2n) is 9.48. The zero-order valence-electron chi connectivity index (χ0n) is 22.8. The van der Waals surface area contributed by atoms with Crippen LogP contribution < -0.4 is 11.1 Å². The molecule has 0 spiro atoms. The number of nitrogens with two attached hydrogens (primary N) is 1. The van der Waals surface area contributed by atoms with E-state index in [0.29, 0.717) is 5.82 Å². The van der Waals surface area contributed by atoms with E-state index in [1.54, 1.807) is 0 Å². The van der Waals surface area contributed by atoms with Gasteiger partial charge in [-0.25, -0.2) is 9.97 Å². The van der Waals surface area contributed by atoms with E-state index in [9.17, 15) is 0 Å². The molecule has 4 aromatic rings. The molecule has 0 atom stereocenters. The molecule has 0 amide bonds. The van der Waals surface area contributed by atoms with Gasteiger partial charge in [0.05, 0.1) is 5.52 Å². The molecule has 0 fully saturated rings. The van der Waals surface area contributed by atoms with Crippen LogP contribution in [0, 0.1) is 6.92 Å². The largest absolute Gasteiger partial charge is 0.369 e. The number of hydrogen-bond donors (Lipinski definition) is 3. The summed E-state index contributed by atoms with van der Waals surface area (Å²) < 4.78 is 0. The van der Waals surface area contributed by atoms with Gasteiger partial charge < -0.3 is 16.0 Å². The maximum absolute atomic E-state index is 5.59. The number of unbranched alkanes of at least 4 members (excludes halogenated alkanes) is 6. The lowest BCUT2D eigenvalue weighted by Gasteiger charge is -2.12. The molecule has 6 heteroatoms. The van der Waals surface area contributed by atoms with Crippen LogP contribution in [-0.4, -0.2) is 28.0 Å². The fraction of sp³-hybridized carbons (Fsp3) is 0.419. The van der Waals surface area contributed by atoms with E-state index >= 15 is 0 Å². The highest BCUT2D eigenvalue weighted by Crippen LogP contribution is 2.30. The first-order valence-corrected chi connectivity index (χ1v) is 13.6. The third-order valence-electron chi connectivity index (χ3n) is 6.42. The minimum Gasteiger partial charge on any atom is -0.369 e. The number of fused-ring (bicyclic) bond motifs is 2. The molecule has 2 heterocycles. The number of nitrogens with one attached hydrogen (secondary N) is 2. The lowest BCUT2D eigenvalue weighted by Crippen LogP contribution is -2.07. The molecule has 0 aliphatic rings. The summed E-state index contributed by atoms with van der Waals surface area (Å²) in [6.45, 7) is 12.5. The number of halogens is 1. The van der Waals surface area contributed by atoms with Crippen molar-refractivity contribution >= 4 is 45.6 Å². The number of hydrogen-bond acceptors (Lipinski definition) is 4. The van der Waals surface area contributed by atoms with E-state index in [4.69, 9.17) is 15.7 Å². The zero-order valence-corrected chi connectivity index (χ0v) is 23.6. The Bertz CT molecular complexity index is 1240. The summed E-state index contributed by atoms with van der Waals surface area (Å²) in [5, 5.41) is 5.72. The van der Waals surface area contributed by atoms with Crippen LogP contribution in [0.2, 0.25) is 0 Å². The van der Waals surface area contributed by atoms with E-state index in [1.807, 2.05) is 18.3 Å². The monoisotopic (exact) mass is 521 g/mol. The Labute approximate surface area is 228 Å². The van der Waals surface area contributed by atoms with Gasteiger partial charge in [-0.15, -0.1) is 12.4 Å². The van der Waals surface area contributed by atoms with Crippen molar-refractivity contribution in [2.45, 2.75) is 72.1 Å². The highest BCUT2D eigenvalue weighted by Gasteiger charge is 2.14. The molecular weight excluding hydrogens is 478 g/mol. The van der Waals surface area contributed by atoms with Crippen molar-refractivity contribution in [2.24, 2.45) is 5.73 Å². The summed E-state index contributed by atoms with van der Waals surface area (Å²) in [5.74, 6) is 1.53. The van der Waals surface area contributed by atoms with Gasteiger partial charge in [-0.2, -0.15) is 0 Å². The Hall–Kier alpha value is -2.89. The predicted molar refractivity (Wildman–Crippen MR) is 164 cm³/mol. The van der Waals surface area contributed by atoms with Gasteiger partial charge >= 0.3 is 0 Å². The third kappa shape index (κ3) is 8.58. The number of benzene rings is 2. The van der Waals surface area contributed by atoms with Crippen LogP contribution >= 0.6 is 12.4 Å². The van der Waals surface area contributed by atoms with Crippen molar-refractivity contribution in [3.63, 3.8) is 0 Å². The van der Waals surface area contributed by atoms with Gasteiger partial charge in [0.1, 0.15) is 5.82 Å². The molecule has 5 nitrogen and oxygen atoms in total. The number of H-pyrrole nitrogens is 1. The van der Waals surface area contributed by atoms with Crippen molar-refractivity contribution in [3.05, 3.63) is 72.2 Å². The van der Waals surface area contributed by atoms with Gasteiger partial charge in [0.25, 0.3) is 0 Å². The number of para-hydroxylation sites is 1. The maximum atomic E-state index is 5.59. The van der Waals surface area contributed by atoms with Gasteiger partial charge in [0, 0.05) is 40.2 Å². The Morgan fingerprint density at radius 3 is 2.38 bits per heavy atom. The summed E-state index contributed by atoms with van der Waals surface area (Å²) >= 11 is 0. The molecule has 0 bridgehead atoms. The summed E-state index contributed by atoms with van der Waals surface area (Å²) in [6.07, 6.45) is 12.0. The minimum absolute atomic E-state index is 0. The van der Waals surface area contributed by atoms with Crippen LogP contribution in [0.1, 0.15) is 82.2 Å². The van der Waals surface area contributed by atoms with Crippen molar-refractivity contribution < 1.29 is 0 Å². The molecule has 37 heavy (non-hydrogen) atoms. The minimum atomic E-state index is 0. The highest BCUT2D eigenvalue weighted by atomic mass is 35.5. The lowest BCUT2D eigenvalue weighted by atomic mass is 10.1. The van der Waals surface area contributed by atoms with Gasteiger partial charge in [0.15, 0.2) is 5.82 Å². The average molecular weight is 522 g/mol. The number of rotatable bonds is 12. The van der Waals surface area contributed by atoms with E-state index in [0.717, 1.165) is 64.7 Å². The van der Waals surface area contributed by atoms with Crippen molar-refractivity contribution in [1.29, 1.82) is 0 Å². The van der Waals surface area contributed by atoms with Gasteiger partial charge in [-0.1, -0.05) is 88.8 Å². The first-order valence-electron chi connectivity index (χ1n) is 13.6. The number of aryl methyl sites for hydroxylation is 1. The fourth-order valence-corrected chi connectivity index (χ4v) is 4.28. The SMILES string of the molecule is C=C(c1nc(NCCCCCCN)c2cc(C)ccc2n1)c1c[nH]c2ccccc12.CCCCCC.Cl. The molecule has 0 aliphatic carbocycles. The lowest BCUT2D eigenvalue weighted by molar-refractivity contribution is 0.661. The van der Waals surface area contributed by atoms with Gasteiger partial charge in [0.2, 0.25) is 0 Å². The summed E-state index contributed by atoms with van der Waals surface area (Å²) in [6, 6.07) is 14.5. The topological polar surface area (TPSA) is 79.6 Å². The maximum Gasteiger partial charge on any atom is 0.162 e. The average Bonchev–Trinajstić information content (AvgIpc) is 3.33. The molecule has 0 aliphatic heterocycles. The van der Waals surface area contributed by atoms with Crippen LogP contribution in [0.3, 0.4) is 0 Å². The first kappa shape index (κ1) is 30.3. The zero-order chi connectivity index (χ0) is 25.8. The highest BCUT2D eigenvalue weighted by molar-refractivity contribution is 5.97. The van der Waals surface area contributed by atoms with E-state index in [1.165, 1.54) is 44.1 Å². The molecular formula is C31H44ClN5. The van der Waals surface area contributed by atoms with Gasteiger partial charge in [-0.05, 0) is 44.5 Å². The smallest absolute Gasteiger partial charge is 0.162 e. The summed E-state index contributed by atoms with van der Waals surface area (Å²) in [4.78, 5) is 13.0. The third-order valence-corrected chi connectivity index (χ3v) is 6.42. The number of nitrogens with zero attached hydrogens (tertiary/aromatic N) is 2. The van der Waals surface area contributed by atoms with Crippen LogP contribution in [0.25, 0.3) is 27.4 Å². The summed E-state index contributed by atoms with van der Waals surface area (Å²) in [7, 11) is 0. The van der Waals surface area contributed by atoms with Crippen LogP contribution in [0.5, 0.6) is 0 Å². The van der Waals surface area contributed by atoms with E-state index in [-0.39, 0.29) is 12.4 Å². The second-order valence-corrected chi connectivity index (χ2v) is 9.48. The van der Waals surface area contributed by atoms with Crippen molar-refractivity contribution in [3.8, 4) is 0 Å². The molecule has 0 unspecified atom stereocenters. The van der Waals surface area contributed by atoms with Crippen molar-refractivity contribution in [2.75, 3.05) is 18.4 Å². The molecule has 4 rings (SSSR count). The van der Waals surface area contributed by atoms with E-state index in [2.05, 4.69) is 68.0 Å². The Kier molecular flexibility index (Phi) is 13.2. The number of aromatic amines is 1. The normalized spacial score (nSPS) is 10.6. The predicted octanol–water partition coefficient (Wildman–Crippen LogP) is 8.42. The Morgan fingerprint density at radius 1 is 0.919 bits per heavy atom. The Balaban J connectivity index is 0.000000618. The number of anilines is 1. The molecule has 0 saturated heterocycles. The van der Waals surface area contributed by atoms with Crippen LogP contribution in [-0.2, 0) is 0 Å². The molecule has 2 aromatic heterocycles. The van der Waals surface area contributed by atoms with Crippen molar-refractivity contribution in [1.82, 2.24) is 15.0 Å².